The highest BCUT2D eigenvalue weighted by atomic mass is 16.2. The Morgan fingerprint density at radius 3 is 2.54 bits per heavy atom. The monoisotopic (exact) mass is 181 g/mol. The number of hydrogen-bond donors (Lipinski definition) is 1. The van der Waals surface area contributed by atoms with Gasteiger partial charge in [-0.05, 0) is 25.2 Å². The molecule has 1 saturated carbocycles. The highest BCUT2D eigenvalue weighted by Crippen LogP contribution is 2.52. The molecule has 0 aromatic carbocycles. The molecule has 0 spiro atoms. The Balaban J connectivity index is 2.21. The summed E-state index contributed by atoms with van der Waals surface area (Å²) in [5.74, 6) is 0.395. The molecule has 1 saturated heterocycles. The van der Waals surface area contributed by atoms with E-state index in [4.69, 9.17) is 0 Å². The van der Waals surface area contributed by atoms with E-state index in [-0.39, 0.29) is 17.2 Å². The molecule has 1 unspecified atom stereocenters. The fourth-order valence-corrected chi connectivity index (χ4v) is 2.48. The highest BCUT2D eigenvalue weighted by molar-refractivity contribution is 6.06. The first-order valence-corrected chi connectivity index (χ1v) is 5.03. The van der Waals surface area contributed by atoms with Gasteiger partial charge in [0.05, 0.1) is 5.41 Å². The fourth-order valence-electron chi connectivity index (χ4n) is 2.48. The van der Waals surface area contributed by atoms with E-state index in [1.807, 2.05) is 0 Å². The van der Waals surface area contributed by atoms with Crippen LogP contribution >= 0.6 is 0 Å². The van der Waals surface area contributed by atoms with Crippen LogP contribution in [0.1, 0.15) is 39.0 Å². The lowest BCUT2D eigenvalue weighted by atomic mass is 9.77. The summed E-state index contributed by atoms with van der Waals surface area (Å²) in [6, 6.07) is 0. The van der Waals surface area contributed by atoms with Crippen molar-refractivity contribution in [3.05, 3.63) is 0 Å². The molecule has 1 heterocycles. The predicted octanol–water partition coefficient (Wildman–Crippen LogP) is 1.23. The quantitative estimate of drug-likeness (QED) is 0.665. The van der Waals surface area contributed by atoms with Gasteiger partial charge in [-0.15, -0.1) is 0 Å². The van der Waals surface area contributed by atoms with E-state index in [1.165, 1.54) is 0 Å². The van der Waals surface area contributed by atoms with Crippen molar-refractivity contribution < 1.29 is 9.59 Å². The Hall–Kier alpha value is -0.860. The van der Waals surface area contributed by atoms with E-state index in [0.717, 1.165) is 25.7 Å². The number of carbonyl (C=O) groups is 2. The highest BCUT2D eigenvalue weighted by Gasteiger charge is 2.54. The molecule has 2 rings (SSSR count). The van der Waals surface area contributed by atoms with E-state index in [0.29, 0.717) is 12.3 Å². The van der Waals surface area contributed by atoms with Crippen molar-refractivity contribution in [1.29, 1.82) is 0 Å². The van der Waals surface area contributed by atoms with Gasteiger partial charge in [-0.1, -0.05) is 13.3 Å². The molecule has 2 aliphatic rings. The summed E-state index contributed by atoms with van der Waals surface area (Å²) in [4.78, 5) is 22.8. The molecule has 1 atom stereocenters. The van der Waals surface area contributed by atoms with Crippen molar-refractivity contribution >= 4 is 11.8 Å². The second kappa shape index (κ2) is 2.82. The lowest BCUT2D eigenvalue weighted by Crippen LogP contribution is -2.33. The van der Waals surface area contributed by atoms with Crippen LogP contribution < -0.4 is 5.32 Å². The first kappa shape index (κ1) is 8.73. The third-order valence-corrected chi connectivity index (χ3v) is 3.24. The van der Waals surface area contributed by atoms with Crippen molar-refractivity contribution in [2.24, 2.45) is 11.3 Å². The first-order valence-electron chi connectivity index (χ1n) is 5.03. The van der Waals surface area contributed by atoms with Crippen LogP contribution in [0, 0.1) is 11.3 Å². The van der Waals surface area contributed by atoms with Gasteiger partial charge < -0.3 is 0 Å². The number of amides is 2. The molecular weight excluding hydrogens is 166 g/mol. The molecule has 0 radical (unpaired) electrons. The Morgan fingerprint density at radius 1 is 1.46 bits per heavy atom. The Labute approximate surface area is 77.9 Å². The molecule has 2 fully saturated rings. The van der Waals surface area contributed by atoms with E-state index < -0.39 is 0 Å². The molecule has 3 heteroatoms. The minimum Gasteiger partial charge on any atom is -0.296 e. The van der Waals surface area contributed by atoms with Crippen molar-refractivity contribution in [2.45, 2.75) is 39.0 Å². The lowest BCUT2D eigenvalue weighted by Gasteiger charge is -2.23. The molecule has 1 N–H and O–H groups in total. The van der Waals surface area contributed by atoms with Crippen LogP contribution in [0.15, 0.2) is 0 Å². The molecule has 2 amide bonds. The maximum Gasteiger partial charge on any atom is 0.233 e. The fraction of sp³-hybridized carbons (Fsp3) is 0.800. The zero-order valence-electron chi connectivity index (χ0n) is 7.93. The predicted molar refractivity (Wildman–Crippen MR) is 47.8 cm³/mol. The van der Waals surface area contributed by atoms with Crippen molar-refractivity contribution in [1.82, 2.24) is 5.32 Å². The second-order valence-electron chi connectivity index (χ2n) is 4.23. The minimum absolute atomic E-state index is 0.0122. The van der Waals surface area contributed by atoms with E-state index in [2.05, 4.69) is 12.2 Å². The topological polar surface area (TPSA) is 46.2 Å². The number of carbonyl (C=O) groups excluding carboxylic acids is 2. The number of rotatable bonds is 3. The molecule has 0 aromatic heterocycles. The van der Waals surface area contributed by atoms with Gasteiger partial charge in [-0.3, -0.25) is 14.9 Å². The normalized spacial score (nSPS) is 33.6. The van der Waals surface area contributed by atoms with Crippen LogP contribution in [-0.4, -0.2) is 11.8 Å². The standard InChI is InChI=1S/C10H15NO2/c1-2-5-10(7-3-4-7)6-8(12)11-9(10)13/h7H,2-6H2,1H3,(H,11,12,13). The number of hydrogen-bond acceptors (Lipinski definition) is 2. The average Bonchev–Trinajstić information content (AvgIpc) is 2.82. The molecule has 0 bridgehead atoms. The second-order valence-corrected chi connectivity index (χ2v) is 4.23. The van der Waals surface area contributed by atoms with Gasteiger partial charge in [-0.2, -0.15) is 0 Å². The van der Waals surface area contributed by atoms with Gasteiger partial charge >= 0.3 is 0 Å². The molecular formula is C10H15NO2. The summed E-state index contributed by atoms with van der Waals surface area (Å²) in [6.07, 6.45) is 4.54. The molecule has 3 nitrogen and oxygen atoms in total. The SMILES string of the molecule is CCCC1(C2CC2)CC(=O)NC1=O. The largest absolute Gasteiger partial charge is 0.296 e. The summed E-state index contributed by atoms with van der Waals surface area (Å²) < 4.78 is 0. The van der Waals surface area contributed by atoms with Crippen molar-refractivity contribution in [2.75, 3.05) is 0 Å². The van der Waals surface area contributed by atoms with Gasteiger partial charge in [0.1, 0.15) is 0 Å². The van der Waals surface area contributed by atoms with Crippen LogP contribution in [0.4, 0.5) is 0 Å². The van der Waals surface area contributed by atoms with Gasteiger partial charge in [0, 0.05) is 6.42 Å². The van der Waals surface area contributed by atoms with Gasteiger partial charge in [-0.25, -0.2) is 0 Å². The summed E-state index contributed by atoms with van der Waals surface area (Å²) in [5.41, 5.74) is -0.314. The van der Waals surface area contributed by atoms with Crippen LogP contribution in [0.2, 0.25) is 0 Å². The number of nitrogens with one attached hydrogen (secondary N) is 1. The summed E-state index contributed by atoms with van der Waals surface area (Å²) in [5, 5.41) is 2.44. The molecule has 72 valence electrons. The minimum atomic E-state index is -0.314. The third kappa shape index (κ3) is 1.26. The van der Waals surface area contributed by atoms with E-state index in [9.17, 15) is 9.59 Å². The maximum absolute atomic E-state index is 11.6. The zero-order chi connectivity index (χ0) is 9.47. The van der Waals surface area contributed by atoms with Crippen molar-refractivity contribution in [3.63, 3.8) is 0 Å². The number of imide groups is 1. The summed E-state index contributed by atoms with van der Waals surface area (Å²) in [6.45, 7) is 2.07. The third-order valence-electron chi connectivity index (χ3n) is 3.24. The van der Waals surface area contributed by atoms with Gasteiger partial charge in [0.2, 0.25) is 11.8 Å². The Bertz CT molecular complexity index is 258. The Kier molecular flexibility index (Phi) is 1.90. The van der Waals surface area contributed by atoms with Crippen LogP contribution in [0.3, 0.4) is 0 Å². The summed E-state index contributed by atoms with van der Waals surface area (Å²) >= 11 is 0. The lowest BCUT2D eigenvalue weighted by molar-refractivity contribution is -0.129. The van der Waals surface area contributed by atoms with E-state index >= 15 is 0 Å². The van der Waals surface area contributed by atoms with E-state index in [1.54, 1.807) is 0 Å². The van der Waals surface area contributed by atoms with Crippen LogP contribution in [-0.2, 0) is 9.59 Å². The molecule has 13 heavy (non-hydrogen) atoms. The molecule has 1 aliphatic carbocycles. The van der Waals surface area contributed by atoms with Crippen molar-refractivity contribution in [3.8, 4) is 0 Å². The first-order chi connectivity index (χ1) is 6.19. The molecule has 0 aromatic rings. The Morgan fingerprint density at radius 2 is 2.15 bits per heavy atom. The van der Waals surface area contributed by atoms with Gasteiger partial charge in [0.15, 0.2) is 0 Å². The average molecular weight is 181 g/mol. The summed E-state index contributed by atoms with van der Waals surface area (Å²) in [7, 11) is 0. The van der Waals surface area contributed by atoms with Gasteiger partial charge in [0.25, 0.3) is 0 Å². The zero-order valence-corrected chi connectivity index (χ0v) is 7.93. The van der Waals surface area contributed by atoms with Crippen LogP contribution in [0.25, 0.3) is 0 Å². The van der Waals surface area contributed by atoms with Crippen LogP contribution in [0.5, 0.6) is 0 Å². The maximum atomic E-state index is 11.6. The molecule has 1 aliphatic heterocycles. The smallest absolute Gasteiger partial charge is 0.233 e.